The Morgan fingerprint density at radius 1 is 0.562 bits per heavy atom. The first-order valence-corrected chi connectivity index (χ1v) is 10.5. The van der Waals surface area contributed by atoms with Gasteiger partial charge in [-0.1, -0.05) is 0 Å². The molecule has 3 saturated carbocycles. The van der Waals surface area contributed by atoms with E-state index in [0.717, 1.165) is 0 Å². The molecule has 3 rings (SSSR count). The molecule has 0 radical (unpaired) electrons. The van der Waals surface area contributed by atoms with Crippen LogP contribution in [0.25, 0.3) is 0 Å². The Hall–Kier alpha value is 0.430. The predicted molar refractivity (Wildman–Crippen MR) is 76.4 cm³/mol. The predicted octanol–water partition coefficient (Wildman–Crippen LogP) is 4.80. The molecule has 0 nitrogen and oxygen atoms in total. The van der Waals surface area contributed by atoms with Crippen LogP contribution in [0, 0.1) is 0 Å². The van der Waals surface area contributed by atoms with E-state index in [1.165, 1.54) is 17.0 Å². The van der Waals surface area contributed by atoms with Gasteiger partial charge in [0.2, 0.25) is 0 Å². The van der Waals surface area contributed by atoms with Gasteiger partial charge in [0.1, 0.15) is 0 Å². The van der Waals surface area contributed by atoms with Crippen molar-refractivity contribution in [2.75, 3.05) is 6.66 Å². The van der Waals surface area contributed by atoms with Crippen LogP contribution in [0.1, 0.15) is 70.6 Å². The first-order chi connectivity index (χ1) is 7.82. The van der Waals surface area contributed by atoms with Crippen molar-refractivity contribution in [3.63, 3.8) is 0 Å². The van der Waals surface area contributed by atoms with E-state index in [-0.39, 0.29) is 0 Å². The molecule has 94 valence electrons. The Morgan fingerprint density at radius 3 is 1.12 bits per heavy atom. The van der Waals surface area contributed by atoms with Gasteiger partial charge in [0.15, 0.2) is 0 Å². The van der Waals surface area contributed by atoms with Crippen LogP contribution >= 0.6 is 7.26 Å². The van der Waals surface area contributed by atoms with E-state index in [9.17, 15) is 0 Å². The second kappa shape index (κ2) is 4.60. The molecule has 0 aromatic rings. The summed E-state index contributed by atoms with van der Waals surface area (Å²) in [7, 11) is -0.900. The second-order valence-corrected chi connectivity index (χ2v) is 12.1. The van der Waals surface area contributed by atoms with E-state index < -0.39 is 7.26 Å². The van der Waals surface area contributed by atoms with Crippen LogP contribution in [-0.4, -0.2) is 23.6 Å². The van der Waals surface area contributed by atoms with Crippen LogP contribution in [0.4, 0.5) is 0 Å². The number of hydrogen-bond acceptors (Lipinski definition) is 0. The summed E-state index contributed by atoms with van der Waals surface area (Å²) in [5.74, 6) is 0. The third-order valence-corrected chi connectivity index (χ3v) is 13.5. The fourth-order valence-corrected chi connectivity index (χ4v) is 12.1. The van der Waals surface area contributed by atoms with Crippen molar-refractivity contribution in [2.24, 2.45) is 0 Å². The zero-order valence-electron chi connectivity index (χ0n) is 11.0. The summed E-state index contributed by atoms with van der Waals surface area (Å²) in [6.07, 6.45) is 17.5. The third kappa shape index (κ3) is 1.76. The molecule has 0 unspecified atom stereocenters. The fraction of sp³-hybridized carbons (Fsp3) is 1.00. The Morgan fingerprint density at radius 2 is 0.875 bits per heavy atom. The average molecular weight is 240 g/mol. The molecule has 0 heterocycles. The molecule has 0 spiro atoms. The normalized spacial score (nSPS) is 30.8. The van der Waals surface area contributed by atoms with E-state index in [0.29, 0.717) is 0 Å². The first-order valence-electron chi connectivity index (χ1n) is 7.82. The molecule has 3 aliphatic rings. The fourth-order valence-electron chi connectivity index (χ4n) is 5.13. The van der Waals surface area contributed by atoms with Crippen LogP contribution < -0.4 is 0 Å². The monoisotopic (exact) mass is 240 g/mol. The van der Waals surface area contributed by atoms with Crippen molar-refractivity contribution in [1.82, 2.24) is 0 Å². The van der Waals surface area contributed by atoms with Crippen molar-refractivity contribution in [3.05, 3.63) is 0 Å². The van der Waals surface area contributed by atoms with Crippen molar-refractivity contribution >= 4 is 7.26 Å². The molecule has 3 aliphatic carbocycles. The Kier molecular flexibility index (Phi) is 3.31. The van der Waals surface area contributed by atoms with Gasteiger partial charge in [-0.05, 0) is 0 Å². The maximum atomic E-state index is 2.84. The molecular weight excluding hydrogens is 211 g/mol. The van der Waals surface area contributed by atoms with Gasteiger partial charge >= 0.3 is 102 Å². The summed E-state index contributed by atoms with van der Waals surface area (Å²) in [6, 6.07) is 0. The van der Waals surface area contributed by atoms with Crippen LogP contribution in [0.2, 0.25) is 0 Å². The van der Waals surface area contributed by atoms with E-state index in [1.807, 2.05) is 0 Å². The molecule has 0 aromatic carbocycles. The molecule has 0 bridgehead atoms. The molecule has 0 N–H and O–H groups in total. The quantitative estimate of drug-likeness (QED) is 0.621. The van der Waals surface area contributed by atoms with E-state index in [4.69, 9.17) is 0 Å². The van der Waals surface area contributed by atoms with Gasteiger partial charge in [0.05, 0.1) is 0 Å². The zero-order chi connectivity index (χ0) is 11.0. The van der Waals surface area contributed by atoms with E-state index in [1.54, 1.807) is 70.6 Å². The number of rotatable bonds is 3. The van der Waals surface area contributed by atoms with Crippen LogP contribution in [0.15, 0.2) is 0 Å². The molecule has 1 heteroatoms. The second-order valence-electron chi connectivity index (χ2n) is 6.96. The maximum absolute atomic E-state index is 2.84. The first kappa shape index (κ1) is 11.5. The van der Waals surface area contributed by atoms with Gasteiger partial charge in [-0.2, -0.15) is 0 Å². The molecule has 0 aromatic heterocycles. The molecule has 16 heavy (non-hydrogen) atoms. The Balaban J connectivity index is 1.79. The third-order valence-electron chi connectivity index (χ3n) is 6.45. The van der Waals surface area contributed by atoms with Crippen LogP contribution in [0.5, 0.6) is 0 Å². The summed E-state index contributed by atoms with van der Waals surface area (Å²) in [6.45, 7) is 2.84. The van der Waals surface area contributed by atoms with Gasteiger partial charge in [-0.15, -0.1) is 0 Å². The SMILES string of the molecule is C[PH](C1CCCC1)(C1CCCC1)C1CCC1. The van der Waals surface area contributed by atoms with E-state index in [2.05, 4.69) is 6.66 Å². The topological polar surface area (TPSA) is 0 Å². The van der Waals surface area contributed by atoms with Gasteiger partial charge < -0.3 is 0 Å². The Labute approximate surface area is 102 Å². The summed E-state index contributed by atoms with van der Waals surface area (Å²) in [4.78, 5) is 0. The molecule has 3 fully saturated rings. The van der Waals surface area contributed by atoms with Gasteiger partial charge in [-0.25, -0.2) is 0 Å². The summed E-state index contributed by atoms with van der Waals surface area (Å²) in [5, 5.41) is 0. The molecule has 0 amide bonds. The van der Waals surface area contributed by atoms with E-state index >= 15 is 0 Å². The van der Waals surface area contributed by atoms with Crippen molar-refractivity contribution in [2.45, 2.75) is 87.6 Å². The summed E-state index contributed by atoms with van der Waals surface area (Å²) < 4.78 is 0. The van der Waals surface area contributed by atoms with Gasteiger partial charge in [0, 0.05) is 0 Å². The molecule has 0 saturated heterocycles. The number of hydrogen-bond donors (Lipinski definition) is 0. The Bertz CT molecular complexity index is 216. The van der Waals surface area contributed by atoms with Crippen molar-refractivity contribution in [3.8, 4) is 0 Å². The minimum atomic E-state index is -0.900. The molecule has 0 aliphatic heterocycles. The zero-order valence-corrected chi connectivity index (χ0v) is 12.0. The standard InChI is InChI=1S/C15H29P/c1-16(15-11-6-12-15,13-7-2-3-8-13)14-9-4-5-10-14/h13-16H,2-12H2,1H3. The molecular formula is C15H29P. The van der Waals surface area contributed by atoms with Crippen molar-refractivity contribution in [1.29, 1.82) is 0 Å². The minimum absolute atomic E-state index is 0.900. The average Bonchev–Trinajstić information content (AvgIpc) is 2.89. The van der Waals surface area contributed by atoms with Crippen molar-refractivity contribution < 1.29 is 0 Å². The van der Waals surface area contributed by atoms with Gasteiger partial charge in [0.25, 0.3) is 0 Å². The summed E-state index contributed by atoms with van der Waals surface area (Å²) in [5.41, 5.74) is 3.72. The van der Waals surface area contributed by atoms with Gasteiger partial charge in [-0.3, -0.25) is 0 Å². The van der Waals surface area contributed by atoms with Crippen LogP contribution in [-0.2, 0) is 0 Å². The van der Waals surface area contributed by atoms with Crippen LogP contribution in [0.3, 0.4) is 0 Å². The summed E-state index contributed by atoms with van der Waals surface area (Å²) >= 11 is 0. The molecule has 0 atom stereocenters.